The molecule has 0 aliphatic carbocycles. The van der Waals surface area contributed by atoms with Crippen LogP contribution in [0.15, 0.2) is 66.1 Å². The van der Waals surface area contributed by atoms with Crippen LogP contribution in [0.25, 0.3) is 0 Å². The Kier molecular flexibility index (Phi) is 7.55. The summed E-state index contributed by atoms with van der Waals surface area (Å²) >= 11 is 0. The molecular weight excluding hydrogens is 488 g/mol. The number of nitrogens with one attached hydrogen (secondary N) is 2. The van der Waals surface area contributed by atoms with Crippen molar-refractivity contribution in [2.45, 2.75) is 19.9 Å². The fraction of sp³-hybridized carbons (Fsp3) is 0.333. The predicted molar refractivity (Wildman–Crippen MR) is 140 cm³/mol. The van der Waals surface area contributed by atoms with Crippen molar-refractivity contribution in [3.8, 4) is 11.5 Å². The third kappa shape index (κ3) is 5.32. The third-order valence-electron chi connectivity index (χ3n) is 6.40. The van der Waals surface area contributed by atoms with Crippen molar-refractivity contribution in [2.24, 2.45) is 0 Å². The third-order valence-corrected chi connectivity index (χ3v) is 6.40. The predicted octanol–water partition coefficient (Wildman–Crippen LogP) is 2.84. The molecule has 3 heterocycles. The van der Waals surface area contributed by atoms with Gasteiger partial charge in [0.05, 0.1) is 31.1 Å². The van der Waals surface area contributed by atoms with E-state index in [1.807, 2.05) is 44.2 Å². The molecule has 5 rings (SSSR count). The highest BCUT2D eigenvalue weighted by molar-refractivity contribution is 6.06. The monoisotopic (exact) mass is 518 g/mol. The Morgan fingerprint density at radius 1 is 1.11 bits per heavy atom. The number of allylic oxidation sites excluding steroid dienone is 1. The largest absolute Gasteiger partial charge is 0.492 e. The van der Waals surface area contributed by atoms with Gasteiger partial charge in [-0.15, -0.1) is 0 Å². The van der Waals surface area contributed by atoms with Crippen molar-refractivity contribution in [1.82, 2.24) is 19.7 Å². The van der Waals surface area contributed by atoms with E-state index in [9.17, 15) is 9.59 Å². The lowest BCUT2D eigenvalue weighted by molar-refractivity contribution is -0.137. The summed E-state index contributed by atoms with van der Waals surface area (Å²) in [6.07, 6.45) is 1.45. The van der Waals surface area contributed by atoms with Crippen LogP contribution in [0.2, 0.25) is 0 Å². The second-order valence-corrected chi connectivity index (χ2v) is 8.83. The van der Waals surface area contributed by atoms with E-state index in [4.69, 9.17) is 14.2 Å². The highest BCUT2D eigenvalue weighted by Crippen LogP contribution is 2.36. The fourth-order valence-corrected chi connectivity index (χ4v) is 4.53. The smallest absolute Gasteiger partial charge is 0.260 e. The SMILES string of the molecule is CCOc1ccccc1NC(=O)C1=C(C)Nc2ncnn2C1c1ccc(OCC(=O)N2CCOCC2)cc1. The fourth-order valence-electron chi connectivity index (χ4n) is 4.53. The molecule has 0 saturated carbocycles. The van der Waals surface area contributed by atoms with E-state index in [1.54, 1.807) is 27.8 Å². The van der Waals surface area contributed by atoms with Gasteiger partial charge < -0.3 is 29.7 Å². The number of carbonyl (C=O) groups is 2. The Labute approximate surface area is 220 Å². The molecule has 0 bridgehead atoms. The zero-order valence-electron chi connectivity index (χ0n) is 21.3. The topological polar surface area (TPSA) is 120 Å². The molecule has 2 amide bonds. The van der Waals surface area contributed by atoms with Crippen molar-refractivity contribution in [3.05, 3.63) is 71.7 Å². The molecule has 1 fully saturated rings. The van der Waals surface area contributed by atoms with Gasteiger partial charge in [-0.05, 0) is 43.7 Å². The number of carbonyl (C=O) groups excluding carboxylic acids is 2. The zero-order valence-corrected chi connectivity index (χ0v) is 21.3. The Hall–Kier alpha value is -4.38. The number of morpholine rings is 1. The number of ether oxygens (including phenoxy) is 3. The van der Waals surface area contributed by atoms with Crippen LogP contribution < -0.4 is 20.1 Å². The van der Waals surface area contributed by atoms with Gasteiger partial charge in [-0.2, -0.15) is 10.1 Å². The summed E-state index contributed by atoms with van der Waals surface area (Å²) in [5.74, 6) is 1.32. The standard InChI is InChI=1S/C27H30N6O5/c1-3-37-22-7-5-4-6-21(22)31-26(35)24-18(2)30-27-28-17-29-33(27)25(24)19-8-10-20(11-9-19)38-16-23(34)32-12-14-36-15-13-32/h4-11,17,25H,3,12-16H2,1-2H3,(H,31,35)(H,28,29,30). The second-order valence-electron chi connectivity index (χ2n) is 8.83. The number of hydrogen-bond acceptors (Lipinski definition) is 8. The van der Waals surface area contributed by atoms with E-state index in [1.165, 1.54) is 6.33 Å². The van der Waals surface area contributed by atoms with E-state index in [0.29, 0.717) is 67.3 Å². The molecule has 1 aromatic heterocycles. The van der Waals surface area contributed by atoms with E-state index < -0.39 is 6.04 Å². The van der Waals surface area contributed by atoms with Gasteiger partial charge in [0.15, 0.2) is 6.61 Å². The maximum atomic E-state index is 13.6. The highest BCUT2D eigenvalue weighted by Gasteiger charge is 2.33. The quantitative estimate of drug-likeness (QED) is 0.467. The van der Waals surface area contributed by atoms with Gasteiger partial charge >= 0.3 is 0 Å². The Balaban J connectivity index is 1.36. The molecular formula is C27H30N6O5. The maximum Gasteiger partial charge on any atom is 0.260 e. The molecule has 1 atom stereocenters. The van der Waals surface area contributed by atoms with Crippen LogP contribution in [0.3, 0.4) is 0 Å². The first-order valence-corrected chi connectivity index (χ1v) is 12.5. The van der Waals surface area contributed by atoms with Crippen LogP contribution in [0.5, 0.6) is 11.5 Å². The number of para-hydroxylation sites is 2. The van der Waals surface area contributed by atoms with E-state index in [0.717, 1.165) is 5.56 Å². The van der Waals surface area contributed by atoms with Crippen LogP contribution in [0.4, 0.5) is 11.6 Å². The van der Waals surface area contributed by atoms with Gasteiger partial charge in [-0.3, -0.25) is 9.59 Å². The number of hydrogen-bond donors (Lipinski definition) is 2. The molecule has 2 aromatic carbocycles. The van der Waals surface area contributed by atoms with Gasteiger partial charge in [0.2, 0.25) is 5.95 Å². The van der Waals surface area contributed by atoms with E-state index >= 15 is 0 Å². The minimum Gasteiger partial charge on any atom is -0.492 e. The van der Waals surface area contributed by atoms with E-state index in [-0.39, 0.29) is 18.4 Å². The second kappa shape index (κ2) is 11.3. The van der Waals surface area contributed by atoms with Crippen molar-refractivity contribution in [1.29, 1.82) is 0 Å². The average Bonchev–Trinajstić information content (AvgIpc) is 3.41. The molecule has 2 aliphatic heterocycles. The molecule has 0 spiro atoms. The minimum atomic E-state index is -0.531. The summed E-state index contributed by atoms with van der Waals surface area (Å²) in [5.41, 5.74) is 2.55. The average molecular weight is 519 g/mol. The summed E-state index contributed by atoms with van der Waals surface area (Å²) in [7, 11) is 0. The lowest BCUT2D eigenvalue weighted by atomic mass is 9.95. The summed E-state index contributed by atoms with van der Waals surface area (Å²) < 4.78 is 18.4. The van der Waals surface area contributed by atoms with Gasteiger partial charge in [0.25, 0.3) is 11.8 Å². The highest BCUT2D eigenvalue weighted by atomic mass is 16.5. The lowest BCUT2D eigenvalue weighted by Gasteiger charge is -2.29. The number of fused-ring (bicyclic) bond motifs is 1. The molecule has 1 unspecified atom stereocenters. The number of benzene rings is 2. The van der Waals surface area contributed by atoms with Crippen LogP contribution in [-0.4, -0.2) is 71.0 Å². The number of aromatic nitrogens is 3. The first-order chi connectivity index (χ1) is 18.5. The molecule has 38 heavy (non-hydrogen) atoms. The van der Waals surface area contributed by atoms with Crippen LogP contribution in [-0.2, 0) is 14.3 Å². The molecule has 2 N–H and O–H groups in total. The van der Waals surface area contributed by atoms with Crippen molar-refractivity contribution >= 4 is 23.5 Å². The summed E-state index contributed by atoms with van der Waals surface area (Å²) in [5, 5.41) is 10.5. The molecule has 11 nitrogen and oxygen atoms in total. The van der Waals surface area contributed by atoms with Gasteiger partial charge in [0.1, 0.15) is 23.9 Å². The summed E-state index contributed by atoms with van der Waals surface area (Å²) in [4.78, 5) is 32.1. The molecule has 3 aromatic rings. The maximum absolute atomic E-state index is 13.6. The lowest BCUT2D eigenvalue weighted by Crippen LogP contribution is -2.42. The Morgan fingerprint density at radius 2 is 1.87 bits per heavy atom. The van der Waals surface area contributed by atoms with Gasteiger partial charge in [-0.25, -0.2) is 4.68 Å². The Morgan fingerprint density at radius 3 is 2.63 bits per heavy atom. The molecule has 11 heteroatoms. The van der Waals surface area contributed by atoms with Crippen molar-refractivity contribution in [2.75, 3.05) is 50.2 Å². The first kappa shape index (κ1) is 25.3. The summed E-state index contributed by atoms with van der Waals surface area (Å²) in [6.45, 7) is 6.39. The normalized spacial score (nSPS) is 16.9. The molecule has 1 saturated heterocycles. The minimum absolute atomic E-state index is 0.0498. The number of anilines is 2. The van der Waals surface area contributed by atoms with Crippen molar-refractivity contribution < 1.29 is 23.8 Å². The van der Waals surface area contributed by atoms with Crippen LogP contribution in [0.1, 0.15) is 25.5 Å². The molecule has 2 aliphatic rings. The number of amides is 2. The molecule has 0 radical (unpaired) electrons. The zero-order chi connectivity index (χ0) is 26.5. The Bertz CT molecular complexity index is 1330. The van der Waals surface area contributed by atoms with Gasteiger partial charge in [-0.1, -0.05) is 24.3 Å². The first-order valence-electron chi connectivity index (χ1n) is 12.5. The van der Waals surface area contributed by atoms with Crippen LogP contribution in [0, 0.1) is 0 Å². The summed E-state index contributed by atoms with van der Waals surface area (Å²) in [6, 6.07) is 14.1. The number of rotatable bonds is 8. The number of nitrogens with zero attached hydrogens (tertiary/aromatic N) is 4. The van der Waals surface area contributed by atoms with Crippen molar-refractivity contribution in [3.63, 3.8) is 0 Å². The van der Waals surface area contributed by atoms with E-state index in [2.05, 4.69) is 20.7 Å². The van der Waals surface area contributed by atoms with Crippen LogP contribution >= 0.6 is 0 Å². The van der Waals surface area contributed by atoms with Gasteiger partial charge in [0, 0.05) is 18.8 Å². The molecule has 198 valence electrons.